The van der Waals surface area contributed by atoms with Crippen molar-refractivity contribution in [3.8, 4) is 0 Å². The third-order valence-corrected chi connectivity index (χ3v) is 14.9. The average molecular weight is 656 g/mol. The van der Waals surface area contributed by atoms with Gasteiger partial charge in [0.1, 0.15) is 0 Å². The van der Waals surface area contributed by atoms with Crippen LogP contribution >= 0.6 is 15.9 Å². The van der Waals surface area contributed by atoms with Gasteiger partial charge in [0.2, 0.25) is 0 Å². The second-order valence-electron chi connectivity index (χ2n) is 16.6. The molecule has 2 saturated heterocycles. The first kappa shape index (κ1) is 31.2. The molecule has 7 rings (SSSR count). The standard InChI is InChI=1S/C38H59BrN2O2/c1-25(23-41-19-17-40-18-20-41)5-12-34-26(2)36-35(43-34)22-33-31-11-8-28-21-30(42-24-27-6-9-29(39)10-7-27)13-15-37(28,3)32(31)14-16-38(33,36)4/h6-7,9-10,25-26,28,30-36,40H,5,8,11-24H2,1-4H3/t25-,26+,28+,30-,31+,32-,33-,34+,35-,36-,37-,38-/m0/s1. The Morgan fingerprint density at radius 1 is 1.00 bits per heavy atom. The molecule has 0 radical (unpaired) electrons. The van der Waals surface area contributed by atoms with Crippen LogP contribution in [0.25, 0.3) is 0 Å². The fourth-order valence-corrected chi connectivity index (χ4v) is 12.3. The van der Waals surface area contributed by atoms with Crippen molar-refractivity contribution in [3.63, 3.8) is 0 Å². The number of hydrogen-bond acceptors (Lipinski definition) is 4. The molecule has 1 N–H and O–H groups in total. The maximum atomic E-state index is 7.05. The quantitative estimate of drug-likeness (QED) is 0.306. The number of benzene rings is 1. The molecule has 1 aromatic rings. The lowest BCUT2D eigenvalue weighted by molar-refractivity contribution is -0.139. The Labute approximate surface area is 270 Å². The lowest BCUT2D eigenvalue weighted by Crippen LogP contribution is -2.54. The smallest absolute Gasteiger partial charge is 0.0720 e. The summed E-state index contributed by atoms with van der Waals surface area (Å²) >= 11 is 3.56. The van der Waals surface area contributed by atoms with Crippen molar-refractivity contribution in [1.82, 2.24) is 10.2 Å². The first-order valence-electron chi connectivity index (χ1n) is 18.2. The van der Waals surface area contributed by atoms with E-state index in [4.69, 9.17) is 9.47 Å². The second kappa shape index (κ2) is 12.6. The molecule has 12 atom stereocenters. The Morgan fingerprint density at radius 2 is 1.77 bits per heavy atom. The summed E-state index contributed by atoms with van der Waals surface area (Å²) < 4.78 is 14.7. The molecule has 2 aliphatic heterocycles. The molecule has 240 valence electrons. The largest absolute Gasteiger partial charge is 0.374 e. The highest BCUT2D eigenvalue weighted by Gasteiger charge is 2.65. The van der Waals surface area contributed by atoms with Gasteiger partial charge in [0.15, 0.2) is 0 Å². The van der Waals surface area contributed by atoms with Gasteiger partial charge in [-0.3, -0.25) is 0 Å². The Hall–Kier alpha value is -0.460. The van der Waals surface area contributed by atoms with Gasteiger partial charge in [-0.25, -0.2) is 0 Å². The van der Waals surface area contributed by atoms with Gasteiger partial charge >= 0.3 is 0 Å². The van der Waals surface area contributed by atoms with Gasteiger partial charge in [-0.1, -0.05) is 55.8 Å². The first-order valence-corrected chi connectivity index (χ1v) is 19.0. The van der Waals surface area contributed by atoms with Gasteiger partial charge in [0.25, 0.3) is 0 Å². The predicted octanol–water partition coefficient (Wildman–Crippen LogP) is 8.33. The monoisotopic (exact) mass is 654 g/mol. The van der Waals surface area contributed by atoms with Crippen LogP contribution in [0.15, 0.2) is 28.7 Å². The molecule has 43 heavy (non-hydrogen) atoms. The van der Waals surface area contributed by atoms with Gasteiger partial charge in [0, 0.05) is 37.2 Å². The summed E-state index contributed by atoms with van der Waals surface area (Å²) in [5, 5.41) is 3.50. The Balaban J connectivity index is 0.942. The summed E-state index contributed by atoms with van der Waals surface area (Å²) in [5.41, 5.74) is 2.29. The molecule has 2 heterocycles. The van der Waals surface area contributed by atoms with Crippen LogP contribution in [-0.4, -0.2) is 55.9 Å². The van der Waals surface area contributed by atoms with Crippen molar-refractivity contribution < 1.29 is 9.47 Å². The zero-order valence-corrected chi connectivity index (χ0v) is 29.1. The predicted molar refractivity (Wildman–Crippen MR) is 179 cm³/mol. The van der Waals surface area contributed by atoms with E-state index < -0.39 is 0 Å². The Bertz CT molecular complexity index is 1090. The molecule has 0 amide bonds. The second-order valence-corrected chi connectivity index (χ2v) is 17.5. The molecular weight excluding hydrogens is 596 g/mol. The molecule has 0 spiro atoms. The normalized spacial score (nSPS) is 45.2. The van der Waals surface area contributed by atoms with Crippen LogP contribution in [0.3, 0.4) is 0 Å². The van der Waals surface area contributed by atoms with Crippen molar-refractivity contribution in [2.24, 2.45) is 52.3 Å². The number of halogens is 1. The lowest BCUT2D eigenvalue weighted by atomic mass is 9.44. The first-order chi connectivity index (χ1) is 20.7. The van der Waals surface area contributed by atoms with E-state index in [2.05, 4.69) is 78.1 Å². The third-order valence-electron chi connectivity index (χ3n) is 14.3. The highest BCUT2D eigenvalue weighted by atomic mass is 79.9. The molecule has 4 nitrogen and oxygen atoms in total. The molecule has 1 aromatic carbocycles. The lowest BCUT2D eigenvalue weighted by Gasteiger charge is -2.61. The summed E-state index contributed by atoms with van der Waals surface area (Å²) in [5.74, 6) is 5.80. The molecule has 0 bridgehead atoms. The number of fused-ring (bicyclic) bond motifs is 7. The highest BCUT2D eigenvalue weighted by Crippen LogP contribution is 2.70. The number of piperazine rings is 1. The number of ether oxygens (including phenoxy) is 2. The SMILES string of the molecule is C[C@@H](CC[C@H]1O[C@H]2C[C@H]3[C@@H]4CC[C@@H]5C[C@@H](OCc6ccc(Br)cc6)CC[C@]5(C)[C@H]4CC[C@]3(C)[C@H]2[C@@H]1C)CN1CCNCC1. The van der Waals surface area contributed by atoms with Gasteiger partial charge in [-0.2, -0.15) is 0 Å². The highest BCUT2D eigenvalue weighted by molar-refractivity contribution is 9.10. The molecule has 6 aliphatic rings. The number of nitrogens with one attached hydrogen (secondary N) is 1. The molecule has 0 unspecified atom stereocenters. The minimum atomic E-state index is 0.434. The van der Waals surface area contributed by atoms with E-state index >= 15 is 0 Å². The molecule has 6 fully saturated rings. The Morgan fingerprint density at radius 3 is 2.56 bits per heavy atom. The fraction of sp³-hybridized carbons (Fsp3) is 0.842. The van der Waals surface area contributed by atoms with E-state index in [0.29, 0.717) is 35.1 Å². The van der Waals surface area contributed by atoms with E-state index in [-0.39, 0.29) is 0 Å². The zero-order chi connectivity index (χ0) is 29.8. The molecule has 5 heteroatoms. The Kier molecular flexibility index (Phi) is 9.15. The molecule has 4 saturated carbocycles. The molecular formula is C38H59BrN2O2. The molecule has 4 aliphatic carbocycles. The third kappa shape index (κ3) is 5.94. The number of rotatable bonds is 8. The minimum Gasteiger partial charge on any atom is -0.374 e. The minimum absolute atomic E-state index is 0.434. The zero-order valence-electron chi connectivity index (χ0n) is 27.5. The van der Waals surface area contributed by atoms with Crippen molar-refractivity contribution in [2.45, 2.75) is 117 Å². The van der Waals surface area contributed by atoms with Gasteiger partial charge in [-0.15, -0.1) is 0 Å². The average Bonchev–Trinajstić information content (AvgIpc) is 3.49. The van der Waals surface area contributed by atoms with Crippen LogP contribution in [-0.2, 0) is 16.1 Å². The van der Waals surface area contributed by atoms with Crippen molar-refractivity contribution in [1.29, 1.82) is 0 Å². The summed E-state index contributed by atoms with van der Waals surface area (Å²) in [6, 6.07) is 8.65. The van der Waals surface area contributed by atoms with Gasteiger partial charge < -0.3 is 19.7 Å². The summed E-state index contributed by atoms with van der Waals surface area (Å²) in [4.78, 5) is 2.66. The maximum absolute atomic E-state index is 7.05. The molecule has 0 aromatic heterocycles. The fourth-order valence-electron chi connectivity index (χ4n) is 12.1. The van der Waals surface area contributed by atoms with Crippen molar-refractivity contribution in [3.05, 3.63) is 34.3 Å². The topological polar surface area (TPSA) is 33.7 Å². The van der Waals surface area contributed by atoms with E-state index in [1.165, 1.54) is 89.4 Å². The van der Waals surface area contributed by atoms with Crippen LogP contribution in [0, 0.1) is 52.3 Å². The van der Waals surface area contributed by atoms with Crippen LogP contribution in [0.5, 0.6) is 0 Å². The number of hydrogen-bond donors (Lipinski definition) is 1. The van der Waals surface area contributed by atoms with E-state index in [0.717, 1.165) is 59.7 Å². The van der Waals surface area contributed by atoms with Crippen LogP contribution in [0.4, 0.5) is 0 Å². The van der Waals surface area contributed by atoms with Gasteiger partial charge in [0.05, 0.1) is 24.9 Å². The van der Waals surface area contributed by atoms with E-state index in [1.54, 1.807) is 0 Å². The summed E-state index contributed by atoms with van der Waals surface area (Å²) in [6.45, 7) is 17.2. The van der Waals surface area contributed by atoms with Crippen molar-refractivity contribution >= 4 is 15.9 Å². The summed E-state index contributed by atoms with van der Waals surface area (Å²) in [7, 11) is 0. The van der Waals surface area contributed by atoms with Crippen LogP contribution < -0.4 is 5.32 Å². The maximum Gasteiger partial charge on any atom is 0.0720 e. The van der Waals surface area contributed by atoms with E-state index in [9.17, 15) is 0 Å². The van der Waals surface area contributed by atoms with Crippen LogP contribution in [0.2, 0.25) is 0 Å². The van der Waals surface area contributed by atoms with Crippen molar-refractivity contribution in [2.75, 3.05) is 32.7 Å². The van der Waals surface area contributed by atoms with E-state index in [1.807, 2.05) is 0 Å². The van der Waals surface area contributed by atoms with Gasteiger partial charge in [-0.05, 0) is 134 Å². The van der Waals surface area contributed by atoms with Crippen LogP contribution in [0.1, 0.15) is 97.5 Å². The summed E-state index contributed by atoms with van der Waals surface area (Å²) in [6.07, 6.45) is 15.0. The number of nitrogens with zero attached hydrogens (tertiary/aromatic N) is 1.